The van der Waals surface area contributed by atoms with Crippen molar-refractivity contribution in [1.29, 1.82) is 0 Å². The van der Waals surface area contributed by atoms with E-state index in [0.29, 0.717) is 29.8 Å². The summed E-state index contributed by atoms with van der Waals surface area (Å²) in [6.07, 6.45) is 0. The van der Waals surface area contributed by atoms with Gasteiger partial charge in [0.25, 0.3) is 0 Å². The third-order valence-electron chi connectivity index (χ3n) is 5.87. The van der Waals surface area contributed by atoms with Crippen LogP contribution in [0, 0.1) is 24.7 Å². The lowest BCUT2D eigenvalue weighted by Gasteiger charge is -2.20. The molecule has 1 fully saturated rings. The second kappa shape index (κ2) is 9.75. The maximum Gasteiger partial charge on any atom is 0.243 e. The molecule has 3 rings (SSSR count). The predicted molar refractivity (Wildman–Crippen MR) is 129 cm³/mol. The Morgan fingerprint density at radius 1 is 1.00 bits per heavy atom. The number of nitrogens with zero attached hydrogens (tertiary/aromatic N) is 1. The monoisotopic (exact) mass is 457 g/mol. The number of aryl methyl sites for hydroxylation is 1. The molecule has 0 saturated carbocycles. The van der Waals surface area contributed by atoms with Crippen LogP contribution in [-0.2, 0) is 10.0 Å². The van der Waals surface area contributed by atoms with Gasteiger partial charge in [0.2, 0.25) is 10.0 Å². The molecule has 1 saturated heterocycles. The average Bonchev–Trinajstić information content (AvgIpc) is 3.17. The molecule has 0 aliphatic carbocycles. The van der Waals surface area contributed by atoms with E-state index < -0.39 is 10.0 Å². The topological polar surface area (TPSA) is 37.4 Å². The molecule has 0 N–H and O–H groups in total. The van der Waals surface area contributed by atoms with Crippen molar-refractivity contribution >= 4 is 21.6 Å². The van der Waals surface area contributed by atoms with Crippen molar-refractivity contribution in [3.63, 3.8) is 0 Å². The lowest BCUT2D eigenvalue weighted by Crippen LogP contribution is -2.29. The van der Waals surface area contributed by atoms with Crippen molar-refractivity contribution in [2.45, 2.75) is 44.9 Å². The quantitative estimate of drug-likeness (QED) is 0.374. The zero-order valence-corrected chi connectivity index (χ0v) is 20.5. The lowest BCUT2D eigenvalue weighted by atomic mass is 9.89. The largest absolute Gasteiger partial charge is 0.243 e. The van der Waals surface area contributed by atoms with Gasteiger partial charge in [0, 0.05) is 19.0 Å². The minimum atomic E-state index is -3.61. The van der Waals surface area contributed by atoms with Crippen LogP contribution in [0.15, 0.2) is 76.4 Å². The minimum Gasteiger partial charge on any atom is -0.207 e. The maximum absolute atomic E-state index is 13.4. The van der Waals surface area contributed by atoms with E-state index in [4.69, 9.17) is 11.6 Å². The highest BCUT2D eigenvalue weighted by Crippen LogP contribution is 2.40. The highest BCUT2D eigenvalue weighted by Gasteiger charge is 2.39. The second-order valence-corrected chi connectivity index (χ2v) is 11.4. The van der Waals surface area contributed by atoms with Crippen LogP contribution in [0.3, 0.4) is 0 Å². The summed E-state index contributed by atoms with van der Waals surface area (Å²) in [4.78, 5) is 0.320. The summed E-state index contributed by atoms with van der Waals surface area (Å²) in [7, 11) is -3.61. The molecular formula is C26H32ClNO2S. The van der Waals surface area contributed by atoms with Gasteiger partial charge in [-0.25, -0.2) is 8.42 Å². The first-order valence-corrected chi connectivity index (χ1v) is 12.7. The maximum atomic E-state index is 13.4. The Morgan fingerprint density at radius 3 is 2.13 bits per heavy atom. The number of rotatable bonds is 6. The number of benzene rings is 2. The fourth-order valence-electron chi connectivity index (χ4n) is 4.16. The fraction of sp³-hybridized carbons (Fsp3) is 0.423. The fourth-order valence-corrected chi connectivity index (χ4v) is 5.98. The second-order valence-electron chi connectivity index (χ2n) is 8.94. The number of hydrogen-bond donors (Lipinski definition) is 0. The highest BCUT2D eigenvalue weighted by atomic mass is 35.5. The molecule has 2 atom stereocenters. The number of hydrogen-bond acceptors (Lipinski definition) is 2. The molecule has 3 nitrogen and oxygen atoms in total. The summed E-state index contributed by atoms with van der Waals surface area (Å²) < 4.78 is 28.3. The van der Waals surface area contributed by atoms with Gasteiger partial charge in [-0.15, -0.1) is 17.3 Å². The van der Waals surface area contributed by atoms with Crippen molar-refractivity contribution in [3.8, 4) is 0 Å². The SMILES string of the molecule is Cc1ccc(S(=O)(=O)N2CC(=C=C(C(C)C)C(C)C)[C@H]([C@@H](Cl)c3ccccc3)C2)cc1. The van der Waals surface area contributed by atoms with E-state index in [1.54, 1.807) is 16.4 Å². The molecule has 0 radical (unpaired) electrons. The lowest BCUT2D eigenvalue weighted by molar-refractivity contribution is 0.453. The standard InChI is InChI=1S/C26H32ClNO2S/c1-18(2)24(19(3)4)15-22-16-28(31(29,30)23-13-11-20(5)12-14-23)17-25(22)26(27)21-9-7-6-8-10-21/h6-14,18-19,25-26H,16-17H2,1-5H3/t25-,26+/m1/s1. The zero-order valence-electron chi connectivity index (χ0n) is 19.0. The van der Waals surface area contributed by atoms with Gasteiger partial charge in [-0.3, -0.25) is 0 Å². The molecule has 2 aromatic carbocycles. The third-order valence-corrected chi connectivity index (χ3v) is 8.26. The van der Waals surface area contributed by atoms with Crippen molar-refractivity contribution in [2.75, 3.05) is 13.1 Å². The zero-order chi connectivity index (χ0) is 22.8. The van der Waals surface area contributed by atoms with Crippen LogP contribution < -0.4 is 0 Å². The Kier molecular flexibility index (Phi) is 7.49. The van der Waals surface area contributed by atoms with Gasteiger partial charge < -0.3 is 0 Å². The summed E-state index contributed by atoms with van der Waals surface area (Å²) in [5, 5.41) is -0.317. The molecule has 166 valence electrons. The van der Waals surface area contributed by atoms with Gasteiger partial charge in [-0.1, -0.05) is 75.7 Å². The van der Waals surface area contributed by atoms with Gasteiger partial charge in [0.1, 0.15) is 0 Å². The van der Waals surface area contributed by atoms with Gasteiger partial charge in [-0.2, -0.15) is 4.31 Å². The van der Waals surface area contributed by atoms with Gasteiger partial charge in [-0.05, 0) is 47.6 Å². The minimum absolute atomic E-state index is 0.128. The molecule has 1 aliphatic heterocycles. The Bertz CT molecular complexity index is 1060. The molecule has 31 heavy (non-hydrogen) atoms. The number of alkyl halides is 1. The molecule has 0 bridgehead atoms. The third kappa shape index (κ3) is 5.32. The molecule has 1 heterocycles. The van der Waals surface area contributed by atoms with Crippen LogP contribution in [0.25, 0.3) is 0 Å². The molecule has 0 amide bonds. The van der Waals surface area contributed by atoms with E-state index in [2.05, 4.69) is 33.4 Å². The Labute approximate surface area is 192 Å². The van der Waals surface area contributed by atoms with E-state index in [9.17, 15) is 8.42 Å². The normalized spacial score (nSPS) is 18.5. The van der Waals surface area contributed by atoms with E-state index in [-0.39, 0.29) is 11.3 Å². The number of sulfonamides is 1. The van der Waals surface area contributed by atoms with Crippen molar-refractivity contribution < 1.29 is 8.42 Å². The van der Waals surface area contributed by atoms with Crippen LogP contribution in [0.1, 0.15) is 44.2 Å². The van der Waals surface area contributed by atoms with Gasteiger partial charge in [0.15, 0.2) is 0 Å². The molecule has 0 aromatic heterocycles. The van der Waals surface area contributed by atoms with Gasteiger partial charge in [0.05, 0.1) is 10.3 Å². The van der Waals surface area contributed by atoms with Crippen LogP contribution in [-0.4, -0.2) is 25.8 Å². The highest BCUT2D eigenvalue weighted by molar-refractivity contribution is 7.89. The van der Waals surface area contributed by atoms with Crippen LogP contribution in [0.5, 0.6) is 0 Å². The molecule has 0 spiro atoms. The smallest absolute Gasteiger partial charge is 0.207 e. The first-order chi connectivity index (χ1) is 14.6. The first kappa shape index (κ1) is 23.8. The Hall–Kier alpha value is -1.84. The summed E-state index contributed by atoms with van der Waals surface area (Å²) in [5.74, 6) is 0.541. The van der Waals surface area contributed by atoms with E-state index in [1.165, 1.54) is 5.57 Å². The average molecular weight is 458 g/mol. The van der Waals surface area contributed by atoms with Crippen LogP contribution >= 0.6 is 11.6 Å². The molecule has 0 unspecified atom stereocenters. The van der Waals surface area contributed by atoms with Crippen molar-refractivity contribution in [3.05, 3.63) is 82.6 Å². The summed E-state index contributed by atoms with van der Waals surface area (Å²) in [6, 6.07) is 16.9. The Morgan fingerprint density at radius 2 is 1.58 bits per heavy atom. The molecule has 2 aromatic rings. The molecular weight excluding hydrogens is 426 g/mol. The summed E-state index contributed by atoms with van der Waals surface area (Å²) >= 11 is 6.94. The first-order valence-electron chi connectivity index (χ1n) is 10.9. The predicted octanol–water partition coefficient (Wildman–Crippen LogP) is 6.36. The van der Waals surface area contributed by atoms with Crippen LogP contribution in [0.2, 0.25) is 0 Å². The summed E-state index contributed by atoms with van der Waals surface area (Å²) in [6.45, 7) is 11.2. The van der Waals surface area contributed by atoms with E-state index in [0.717, 1.165) is 16.7 Å². The van der Waals surface area contributed by atoms with Gasteiger partial charge >= 0.3 is 0 Å². The number of halogens is 1. The Balaban J connectivity index is 2.07. The van der Waals surface area contributed by atoms with E-state index >= 15 is 0 Å². The van der Waals surface area contributed by atoms with Crippen LogP contribution in [0.4, 0.5) is 0 Å². The molecule has 5 heteroatoms. The van der Waals surface area contributed by atoms with Crippen molar-refractivity contribution in [1.82, 2.24) is 4.31 Å². The van der Waals surface area contributed by atoms with E-state index in [1.807, 2.05) is 49.4 Å². The summed E-state index contributed by atoms with van der Waals surface area (Å²) in [5.41, 5.74) is 7.82. The van der Waals surface area contributed by atoms with Crippen molar-refractivity contribution in [2.24, 2.45) is 17.8 Å². The molecule has 1 aliphatic rings.